The van der Waals surface area contributed by atoms with E-state index in [1.165, 1.54) is 11.3 Å². The van der Waals surface area contributed by atoms with Gasteiger partial charge in [-0.3, -0.25) is 14.5 Å². The molecular weight excluding hydrogens is 338 g/mol. The molecule has 0 aliphatic carbocycles. The summed E-state index contributed by atoms with van der Waals surface area (Å²) in [7, 11) is 0. The highest BCUT2D eigenvalue weighted by molar-refractivity contribution is 7.09. The third-order valence-electron chi connectivity index (χ3n) is 5.05. The van der Waals surface area contributed by atoms with Gasteiger partial charge in [-0.2, -0.15) is 0 Å². The lowest BCUT2D eigenvalue weighted by molar-refractivity contribution is -0.135. The maximum Gasteiger partial charge on any atom is 0.273 e. The number of carbonyl (C=O) groups is 2. The molecule has 138 valence electrons. The number of likely N-dealkylation sites (tertiary alicyclic amines) is 1. The third kappa shape index (κ3) is 4.19. The van der Waals surface area contributed by atoms with Crippen LogP contribution in [0.1, 0.15) is 35.3 Å². The second-order valence-electron chi connectivity index (χ2n) is 6.70. The number of amides is 2. The van der Waals surface area contributed by atoms with Crippen LogP contribution < -0.4 is 5.73 Å². The van der Waals surface area contributed by atoms with Gasteiger partial charge in [-0.05, 0) is 26.3 Å². The fourth-order valence-electron chi connectivity index (χ4n) is 3.48. The predicted octanol–water partition coefficient (Wildman–Crippen LogP) is 0.413. The van der Waals surface area contributed by atoms with Gasteiger partial charge in [0.2, 0.25) is 5.91 Å². The Morgan fingerprint density at radius 3 is 2.48 bits per heavy atom. The summed E-state index contributed by atoms with van der Waals surface area (Å²) in [6, 6.07) is -0.106. The first-order valence-corrected chi connectivity index (χ1v) is 9.94. The molecule has 1 aromatic heterocycles. The van der Waals surface area contributed by atoms with Crippen molar-refractivity contribution in [1.29, 1.82) is 0 Å². The van der Waals surface area contributed by atoms with Gasteiger partial charge >= 0.3 is 0 Å². The van der Waals surface area contributed by atoms with Gasteiger partial charge in [-0.1, -0.05) is 0 Å². The van der Waals surface area contributed by atoms with Crippen LogP contribution in [0, 0.1) is 0 Å². The molecule has 1 atom stereocenters. The first-order chi connectivity index (χ1) is 12.1. The fraction of sp³-hybridized carbons (Fsp3) is 0.706. The fourth-order valence-corrected chi connectivity index (χ4v) is 4.27. The Balaban J connectivity index is 1.52. The molecule has 25 heavy (non-hydrogen) atoms. The Morgan fingerprint density at radius 2 is 1.84 bits per heavy atom. The number of nitrogens with zero attached hydrogens (tertiary/aromatic N) is 4. The molecule has 0 radical (unpaired) electrons. The Bertz CT molecular complexity index is 606. The molecule has 8 heteroatoms. The molecule has 0 bridgehead atoms. The van der Waals surface area contributed by atoms with Crippen molar-refractivity contribution in [2.45, 2.75) is 32.2 Å². The second-order valence-corrected chi connectivity index (χ2v) is 7.64. The maximum absolute atomic E-state index is 12.6. The standard InChI is InChI=1S/C17H27N5O2S/c1-13(16(23)21-6-2-3-7-21)20-8-10-22(11-9-20)17(24)14-12-25-15(19-14)4-5-18/h12-13H,2-11,18H2,1H3. The monoisotopic (exact) mass is 365 g/mol. The lowest BCUT2D eigenvalue weighted by atomic mass is 10.2. The highest BCUT2D eigenvalue weighted by atomic mass is 32.1. The van der Waals surface area contributed by atoms with E-state index in [1.807, 2.05) is 22.1 Å². The van der Waals surface area contributed by atoms with Crippen molar-refractivity contribution in [3.63, 3.8) is 0 Å². The molecule has 3 rings (SSSR count). The lowest BCUT2D eigenvalue weighted by Crippen LogP contribution is -2.55. The average Bonchev–Trinajstić information content (AvgIpc) is 3.32. The first kappa shape index (κ1) is 18.3. The second kappa shape index (κ2) is 8.25. The maximum atomic E-state index is 12.6. The van der Waals surface area contributed by atoms with Crippen LogP contribution in [-0.2, 0) is 11.2 Å². The van der Waals surface area contributed by atoms with Gasteiger partial charge in [0, 0.05) is 51.1 Å². The predicted molar refractivity (Wildman–Crippen MR) is 97.6 cm³/mol. The number of hydrogen-bond donors (Lipinski definition) is 1. The zero-order valence-electron chi connectivity index (χ0n) is 14.8. The van der Waals surface area contributed by atoms with Crippen LogP contribution in [0.15, 0.2) is 5.38 Å². The minimum atomic E-state index is -0.106. The van der Waals surface area contributed by atoms with Crippen LogP contribution in [0.4, 0.5) is 0 Å². The Kier molecular flexibility index (Phi) is 6.03. The Labute approximate surface area is 152 Å². The molecule has 3 heterocycles. The molecule has 7 nitrogen and oxygen atoms in total. The van der Waals surface area contributed by atoms with Gasteiger partial charge in [0.15, 0.2) is 0 Å². The lowest BCUT2D eigenvalue weighted by Gasteiger charge is -2.38. The summed E-state index contributed by atoms with van der Waals surface area (Å²) >= 11 is 1.49. The largest absolute Gasteiger partial charge is 0.341 e. The number of aromatic nitrogens is 1. The number of nitrogens with two attached hydrogens (primary N) is 1. The van der Waals surface area contributed by atoms with Gasteiger partial charge in [-0.25, -0.2) is 4.98 Å². The van der Waals surface area contributed by atoms with E-state index in [9.17, 15) is 9.59 Å². The molecule has 2 amide bonds. The van der Waals surface area contributed by atoms with Crippen molar-refractivity contribution in [3.05, 3.63) is 16.1 Å². The summed E-state index contributed by atoms with van der Waals surface area (Å²) in [5.74, 6) is 0.209. The Morgan fingerprint density at radius 1 is 1.16 bits per heavy atom. The van der Waals surface area contributed by atoms with E-state index in [2.05, 4.69) is 9.88 Å². The molecule has 2 aliphatic heterocycles. The molecular formula is C17H27N5O2S. The van der Waals surface area contributed by atoms with Crippen LogP contribution in [0.3, 0.4) is 0 Å². The van der Waals surface area contributed by atoms with Crippen LogP contribution in [0.5, 0.6) is 0 Å². The number of thiazole rings is 1. The first-order valence-electron chi connectivity index (χ1n) is 9.06. The van der Waals surface area contributed by atoms with Crippen LogP contribution in [-0.4, -0.2) is 83.4 Å². The molecule has 2 N–H and O–H groups in total. The number of piperazine rings is 1. The molecule has 0 saturated carbocycles. The molecule has 2 saturated heterocycles. The minimum absolute atomic E-state index is 0.0160. The highest BCUT2D eigenvalue weighted by Gasteiger charge is 2.31. The average molecular weight is 366 g/mol. The molecule has 2 fully saturated rings. The van der Waals surface area contributed by atoms with Gasteiger partial charge in [-0.15, -0.1) is 11.3 Å². The van der Waals surface area contributed by atoms with Crippen molar-refractivity contribution in [3.8, 4) is 0 Å². The molecule has 0 spiro atoms. The van der Waals surface area contributed by atoms with E-state index in [0.29, 0.717) is 31.7 Å². The SMILES string of the molecule is CC(C(=O)N1CCCC1)N1CCN(C(=O)c2csc(CCN)n2)CC1. The Hall–Kier alpha value is -1.51. The van der Waals surface area contributed by atoms with Crippen LogP contribution in [0.25, 0.3) is 0 Å². The van der Waals surface area contributed by atoms with Gasteiger partial charge in [0.25, 0.3) is 5.91 Å². The highest BCUT2D eigenvalue weighted by Crippen LogP contribution is 2.16. The zero-order valence-corrected chi connectivity index (χ0v) is 15.6. The normalized spacial score (nSPS) is 20.1. The summed E-state index contributed by atoms with van der Waals surface area (Å²) in [6.07, 6.45) is 2.93. The summed E-state index contributed by atoms with van der Waals surface area (Å²) in [4.78, 5) is 35.5. The minimum Gasteiger partial charge on any atom is -0.341 e. The molecule has 0 aromatic carbocycles. The van der Waals surface area contributed by atoms with Crippen molar-refractivity contribution in [2.75, 3.05) is 45.8 Å². The van der Waals surface area contributed by atoms with Crippen molar-refractivity contribution >= 4 is 23.2 Å². The topological polar surface area (TPSA) is 82.8 Å². The van der Waals surface area contributed by atoms with Crippen molar-refractivity contribution in [2.24, 2.45) is 5.73 Å². The number of carbonyl (C=O) groups excluding carboxylic acids is 2. The summed E-state index contributed by atoms with van der Waals surface area (Å²) in [5.41, 5.74) is 6.05. The summed E-state index contributed by atoms with van der Waals surface area (Å²) < 4.78 is 0. The van der Waals surface area contributed by atoms with E-state index in [4.69, 9.17) is 5.73 Å². The van der Waals surface area contributed by atoms with E-state index >= 15 is 0 Å². The number of hydrogen-bond acceptors (Lipinski definition) is 6. The van der Waals surface area contributed by atoms with E-state index in [-0.39, 0.29) is 17.9 Å². The van der Waals surface area contributed by atoms with Crippen molar-refractivity contribution in [1.82, 2.24) is 19.7 Å². The molecule has 2 aliphatic rings. The molecule has 1 unspecified atom stereocenters. The van der Waals surface area contributed by atoms with E-state index < -0.39 is 0 Å². The van der Waals surface area contributed by atoms with Crippen LogP contribution >= 0.6 is 11.3 Å². The zero-order chi connectivity index (χ0) is 17.8. The van der Waals surface area contributed by atoms with Gasteiger partial charge in [0.05, 0.1) is 11.0 Å². The van der Waals surface area contributed by atoms with Gasteiger partial charge in [0.1, 0.15) is 5.69 Å². The van der Waals surface area contributed by atoms with Crippen molar-refractivity contribution < 1.29 is 9.59 Å². The summed E-state index contributed by atoms with van der Waals surface area (Å²) in [5, 5.41) is 2.73. The van der Waals surface area contributed by atoms with E-state index in [1.54, 1.807) is 0 Å². The third-order valence-corrected chi connectivity index (χ3v) is 5.96. The van der Waals surface area contributed by atoms with Gasteiger partial charge < -0.3 is 15.5 Å². The van der Waals surface area contributed by atoms with E-state index in [0.717, 1.165) is 44.0 Å². The quantitative estimate of drug-likeness (QED) is 0.817. The molecule has 1 aromatic rings. The number of rotatable bonds is 5. The summed E-state index contributed by atoms with van der Waals surface area (Å²) in [6.45, 7) is 7.03. The smallest absolute Gasteiger partial charge is 0.273 e. The van der Waals surface area contributed by atoms with Crippen LogP contribution in [0.2, 0.25) is 0 Å².